The van der Waals surface area contributed by atoms with E-state index in [9.17, 15) is 4.79 Å². The van der Waals surface area contributed by atoms with Crippen molar-refractivity contribution in [3.63, 3.8) is 0 Å². The van der Waals surface area contributed by atoms with E-state index in [-0.39, 0.29) is 18.7 Å². The molecule has 1 aromatic carbocycles. The van der Waals surface area contributed by atoms with Crippen LogP contribution in [0, 0.1) is 0 Å². The first-order valence-electron chi connectivity index (χ1n) is 8.80. The highest BCUT2D eigenvalue weighted by molar-refractivity contribution is 6.30. The maximum absolute atomic E-state index is 12.4. The summed E-state index contributed by atoms with van der Waals surface area (Å²) in [5.74, 6) is 0.836. The van der Waals surface area contributed by atoms with Crippen LogP contribution in [0.1, 0.15) is 12.0 Å². The lowest BCUT2D eigenvalue weighted by Gasteiger charge is -2.24. The van der Waals surface area contributed by atoms with Crippen LogP contribution in [0.15, 0.2) is 42.6 Å². The molecule has 1 fully saturated rings. The van der Waals surface area contributed by atoms with Crippen molar-refractivity contribution in [3.8, 4) is 0 Å². The fraction of sp³-hybridized carbons (Fsp3) is 0.316. The van der Waals surface area contributed by atoms with Crippen LogP contribution in [-0.4, -0.2) is 52.4 Å². The van der Waals surface area contributed by atoms with Gasteiger partial charge in [0, 0.05) is 32.4 Å². The predicted molar refractivity (Wildman–Crippen MR) is 104 cm³/mol. The zero-order chi connectivity index (χ0) is 18.8. The summed E-state index contributed by atoms with van der Waals surface area (Å²) in [6.07, 6.45) is 2.26. The van der Waals surface area contributed by atoms with Crippen LogP contribution in [0.5, 0.6) is 0 Å². The van der Waals surface area contributed by atoms with E-state index in [0.29, 0.717) is 11.7 Å². The molecule has 27 heavy (non-hydrogen) atoms. The number of hydrogen-bond donors (Lipinski definition) is 1. The average Bonchev–Trinajstić information content (AvgIpc) is 3.32. The number of aromatic nitrogens is 3. The number of fused-ring (bicyclic) bond motifs is 1. The minimum atomic E-state index is -0.314. The summed E-state index contributed by atoms with van der Waals surface area (Å²) in [5, 5.41) is 8.74. The molecule has 1 aliphatic heterocycles. The largest absolute Gasteiger partial charge is 0.445 e. The molecule has 1 unspecified atom stereocenters. The van der Waals surface area contributed by atoms with Crippen LogP contribution in [-0.2, 0) is 11.3 Å². The normalized spacial score (nSPS) is 16.7. The minimum Gasteiger partial charge on any atom is -0.445 e. The molecule has 3 aromatic rings. The standard InChI is InChI=1S/C19H20ClN5O2/c1-24(19(26)27-12-13-5-3-2-4-6-13)14-7-8-25(11-14)18-15-10-21-17(20)9-16(15)22-23-18/h2-6,9-10,14H,7-8,11-12H2,1H3,(H,22,23). The Bertz CT molecular complexity index is 946. The number of ether oxygens (including phenoxy) is 1. The fourth-order valence-corrected chi connectivity index (χ4v) is 3.49. The Kier molecular flexibility index (Phi) is 4.85. The summed E-state index contributed by atoms with van der Waals surface area (Å²) in [6.45, 7) is 1.78. The van der Waals surface area contributed by atoms with E-state index in [1.165, 1.54) is 0 Å². The van der Waals surface area contributed by atoms with Crippen molar-refractivity contribution in [2.24, 2.45) is 0 Å². The highest BCUT2D eigenvalue weighted by atomic mass is 35.5. The highest BCUT2D eigenvalue weighted by Gasteiger charge is 2.31. The average molecular weight is 386 g/mol. The highest BCUT2D eigenvalue weighted by Crippen LogP contribution is 2.28. The Hall–Kier alpha value is -2.80. The maximum atomic E-state index is 12.4. The minimum absolute atomic E-state index is 0.0697. The van der Waals surface area contributed by atoms with Gasteiger partial charge in [0.05, 0.1) is 16.9 Å². The van der Waals surface area contributed by atoms with E-state index in [1.54, 1.807) is 24.2 Å². The number of benzene rings is 1. The number of nitrogens with zero attached hydrogens (tertiary/aromatic N) is 4. The molecular weight excluding hydrogens is 366 g/mol. The third kappa shape index (κ3) is 3.68. The van der Waals surface area contributed by atoms with Crippen LogP contribution >= 0.6 is 11.6 Å². The van der Waals surface area contributed by atoms with E-state index in [2.05, 4.69) is 20.1 Å². The molecule has 1 saturated heterocycles. The zero-order valence-electron chi connectivity index (χ0n) is 14.9. The number of nitrogens with one attached hydrogen (secondary N) is 1. The van der Waals surface area contributed by atoms with Crippen LogP contribution in [0.2, 0.25) is 5.15 Å². The van der Waals surface area contributed by atoms with Gasteiger partial charge in [-0.1, -0.05) is 41.9 Å². The molecule has 3 heterocycles. The van der Waals surface area contributed by atoms with E-state index in [1.807, 2.05) is 30.3 Å². The van der Waals surface area contributed by atoms with Crippen molar-refractivity contribution < 1.29 is 9.53 Å². The lowest BCUT2D eigenvalue weighted by molar-refractivity contribution is 0.0938. The quantitative estimate of drug-likeness (QED) is 0.696. The Morgan fingerprint density at radius 2 is 2.22 bits per heavy atom. The molecule has 1 N–H and O–H groups in total. The smallest absolute Gasteiger partial charge is 0.410 e. The van der Waals surface area contributed by atoms with Crippen LogP contribution < -0.4 is 4.90 Å². The number of amides is 1. The first kappa shape index (κ1) is 17.6. The number of likely N-dealkylation sites (N-methyl/N-ethyl adjacent to an activating group) is 1. The predicted octanol–water partition coefficient (Wildman–Crippen LogP) is 3.46. The van der Waals surface area contributed by atoms with Crippen molar-refractivity contribution in [1.29, 1.82) is 0 Å². The topological polar surface area (TPSA) is 74.3 Å². The molecule has 0 radical (unpaired) electrons. The van der Waals surface area contributed by atoms with Crippen LogP contribution in [0.25, 0.3) is 10.9 Å². The van der Waals surface area contributed by atoms with Gasteiger partial charge >= 0.3 is 6.09 Å². The summed E-state index contributed by atoms with van der Waals surface area (Å²) in [7, 11) is 1.78. The molecule has 140 valence electrons. The van der Waals surface area contributed by atoms with Crippen molar-refractivity contribution >= 4 is 34.4 Å². The maximum Gasteiger partial charge on any atom is 0.410 e. The fourth-order valence-electron chi connectivity index (χ4n) is 3.34. The molecule has 1 amide bonds. The number of anilines is 1. The van der Waals surface area contributed by atoms with Crippen molar-refractivity contribution in [2.45, 2.75) is 19.1 Å². The van der Waals surface area contributed by atoms with Crippen LogP contribution in [0.4, 0.5) is 10.6 Å². The van der Waals surface area contributed by atoms with Crippen molar-refractivity contribution in [1.82, 2.24) is 20.1 Å². The monoisotopic (exact) mass is 385 g/mol. The molecule has 7 nitrogen and oxygen atoms in total. The summed E-state index contributed by atoms with van der Waals surface area (Å²) in [6, 6.07) is 11.5. The van der Waals surface area contributed by atoms with E-state index in [0.717, 1.165) is 35.2 Å². The molecular formula is C19H20ClN5O2. The summed E-state index contributed by atoms with van der Waals surface area (Å²) < 4.78 is 5.43. The van der Waals surface area contributed by atoms with Gasteiger partial charge in [0.15, 0.2) is 5.82 Å². The number of aromatic amines is 1. The zero-order valence-corrected chi connectivity index (χ0v) is 15.7. The van der Waals surface area contributed by atoms with Gasteiger partial charge in [-0.3, -0.25) is 5.10 Å². The second kappa shape index (κ2) is 7.44. The van der Waals surface area contributed by atoms with E-state index in [4.69, 9.17) is 16.3 Å². The van der Waals surface area contributed by atoms with Crippen molar-refractivity contribution in [2.75, 3.05) is 25.0 Å². The lowest BCUT2D eigenvalue weighted by atomic mass is 10.2. The number of rotatable bonds is 4. The second-order valence-electron chi connectivity index (χ2n) is 6.64. The van der Waals surface area contributed by atoms with Gasteiger partial charge in [-0.2, -0.15) is 5.10 Å². The van der Waals surface area contributed by atoms with Crippen molar-refractivity contribution in [3.05, 3.63) is 53.3 Å². The third-order valence-electron chi connectivity index (χ3n) is 4.90. The second-order valence-corrected chi connectivity index (χ2v) is 7.03. The molecule has 0 spiro atoms. The molecule has 0 bridgehead atoms. The van der Waals surface area contributed by atoms with Gasteiger partial charge in [-0.25, -0.2) is 9.78 Å². The molecule has 0 saturated carbocycles. The van der Waals surface area contributed by atoms with Gasteiger partial charge in [0.2, 0.25) is 0 Å². The van der Waals surface area contributed by atoms with Gasteiger partial charge < -0.3 is 14.5 Å². The Labute approximate surface area is 161 Å². The number of pyridine rings is 1. The first-order chi connectivity index (χ1) is 13.1. The first-order valence-corrected chi connectivity index (χ1v) is 9.17. The Morgan fingerprint density at radius 3 is 3.04 bits per heavy atom. The molecule has 0 aliphatic carbocycles. The number of halogens is 1. The number of carbonyl (C=O) groups is 1. The Morgan fingerprint density at radius 1 is 1.41 bits per heavy atom. The SMILES string of the molecule is CN(C(=O)OCc1ccccc1)C1CCN(c2n[nH]c3cc(Cl)ncc23)C1. The lowest BCUT2D eigenvalue weighted by Crippen LogP contribution is -2.39. The van der Waals surface area contributed by atoms with Gasteiger partial charge in [-0.05, 0) is 12.0 Å². The summed E-state index contributed by atoms with van der Waals surface area (Å²) in [5.41, 5.74) is 1.82. The molecule has 1 aliphatic rings. The third-order valence-corrected chi connectivity index (χ3v) is 5.10. The van der Waals surface area contributed by atoms with Gasteiger partial charge in [0.25, 0.3) is 0 Å². The molecule has 8 heteroatoms. The number of hydrogen-bond acceptors (Lipinski definition) is 5. The molecule has 2 aromatic heterocycles. The van der Waals surface area contributed by atoms with Gasteiger partial charge in [0.1, 0.15) is 11.8 Å². The number of H-pyrrole nitrogens is 1. The molecule has 4 rings (SSSR count). The van der Waals surface area contributed by atoms with E-state index < -0.39 is 0 Å². The summed E-state index contributed by atoms with van der Waals surface area (Å²) >= 11 is 5.93. The Balaban J connectivity index is 1.38. The van der Waals surface area contributed by atoms with Gasteiger partial charge in [-0.15, -0.1) is 0 Å². The summed E-state index contributed by atoms with van der Waals surface area (Å²) in [4.78, 5) is 20.4. The van der Waals surface area contributed by atoms with Crippen LogP contribution in [0.3, 0.4) is 0 Å². The molecule has 1 atom stereocenters. The number of carbonyl (C=O) groups excluding carboxylic acids is 1. The van der Waals surface area contributed by atoms with E-state index >= 15 is 0 Å².